The fourth-order valence-corrected chi connectivity index (χ4v) is 0.908. The van der Waals surface area contributed by atoms with E-state index in [1.807, 2.05) is 0 Å². The predicted octanol–water partition coefficient (Wildman–Crippen LogP) is 2.34. The molecule has 72 valence electrons. The molecule has 1 aromatic carbocycles. The number of para-hydroxylation sites is 2. The average molecular weight is 186 g/mol. The van der Waals surface area contributed by atoms with Crippen LogP contribution in [0.25, 0.3) is 0 Å². The zero-order chi connectivity index (χ0) is 9.90. The van der Waals surface area contributed by atoms with E-state index in [4.69, 9.17) is 5.73 Å². The van der Waals surface area contributed by atoms with Gasteiger partial charge in [0, 0.05) is 6.92 Å². The van der Waals surface area contributed by atoms with Crippen LogP contribution in [-0.4, -0.2) is 12.5 Å². The molecule has 0 heterocycles. The maximum Gasteiger partial charge on any atom is 0.262 e. The summed E-state index contributed by atoms with van der Waals surface area (Å²) in [5, 5.41) is 2.58. The van der Waals surface area contributed by atoms with Crippen LogP contribution in [0, 0.1) is 0 Å². The van der Waals surface area contributed by atoms with Gasteiger partial charge in [0.2, 0.25) is 0 Å². The second-order valence-electron chi connectivity index (χ2n) is 3.01. The van der Waals surface area contributed by atoms with Crippen molar-refractivity contribution in [3.8, 4) is 0 Å². The number of nitrogens with two attached hydrogens (primary N) is 1. The van der Waals surface area contributed by atoms with Crippen LogP contribution in [0.2, 0.25) is 0 Å². The van der Waals surface area contributed by atoms with Gasteiger partial charge in [-0.2, -0.15) is 0 Å². The standard InChI is InChI=1S/C9H12F2N2/c1-9(10,11)6-13-8-5-3-2-4-7(8)12/h2-5,13H,6,12H2,1H3. The quantitative estimate of drug-likeness (QED) is 0.711. The Morgan fingerprint density at radius 2 is 2.00 bits per heavy atom. The molecule has 0 saturated heterocycles. The van der Waals surface area contributed by atoms with Crippen molar-refractivity contribution in [1.29, 1.82) is 0 Å². The lowest BCUT2D eigenvalue weighted by Crippen LogP contribution is -2.23. The molecule has 13 heavy (non-hydrogen) atoms. The zero-order valence-electron chi connectivity index (χ0n) is 7.35. The van der Waals surface area contributed by atoms with Crippen LogP contribution < -0.4 is 11.1 Å². The minimum atomic E-state index is -2.72. The van der Waals surface area contributed by atoms with Gasteiger partial charge in [-0.1, -0.05) is 12.1 Å². The predicted molar refractivity (Wildman–Crippen MR) is 50.0 cm³/mol. The second-order valence-corrected chi connectivity index (χ2v) is 3.01. The fraction of sp³-hybridized carbons (Fsp3) is 0.333. The number of hydrogen-bond acceptors (Lipinski definition) is 2. The summed E-state index contributed by atoms with van der Waals surface area (Å²) in [6, 6.07) is 6.83. The molecular weight excluding hydrogens is 174 g/mol. The van der Waals surface area contributed by atoms with Gasteiger partial charge in [-0.3, -0.25) is 0 Å². The summed E-state index contributed by atoms with van der Waals surface area (Å²) in [7, 11) is 0. The molecule has 0 aliphatic rings. The van der Waals surface area contributed by atoms with E-state index in [1.54, 1.807) is 24.3 Å². The van der Waals surface area contributed by atoms with E-state index in [9.17, 15) is 8.78 Å². The number of hydrogen-bond donors (Lipinski definition) is 2. The summed E-state index contributed by atoms with van der Waals surface area (Å²) >= 11 is 0. The van der Waals surface area contributed by atoms with E-state index in [2.05, 4.69) is 5.32 Å². The van der Waals surface area contributed by atoms with E-state index in [0.29, 0.717) is 11.4 Å². The molecule has 3 N–H and O–H groups in total. The van der Waals surface area contributed by atoms with Crippen molar-refractivity contribution < 1.29 is 8.78 Å². The van der Waals surface area contributed by atoms with Crippen molar-refractivity contribution in [2.75, 3.05) is 17.6 Å². The van der Waals surface area contributed by atoms with E-state index < -0.39 is 12.5 Å². The molecular formula is C9H12F2N2. The number of halogens is 2. The highest BCUT2D eigenvalue weighted by Gasteiger charge is 2.20. The van der Waals surface area contributed by atoms with Crippen LogP contribution >= 0.6 is 0 Å². The minimum absolute atomic E-state index is 0.402. The average Bonchev–Trinajstić information content (AvgIpc) is 2.01. The number of benzene rings is 1. The van der Waals surface area contributed by atoms with Crippen LogP contribution in [0.5, 0.6) is 0 Å². The molecule has 0 amide bonds. The number of nitrogens with one attached hydrogen (secondary N) is 1. The first-order valence-electron chi connectivity index (χ1n) is 3.95. The van der Waals surface area contributed by atoms with E-state index in [0.717, 1.165) is 6.92 Å². The summed E-state index contributed by atoms with van der Waals surface area (Å²) in [6.45, 7) is 0.459. The van der Waals surface area contributed by atoms with Crippen LogP contribution in [0.1, 0.15) is 6.92 Å². The minimum Gasteiger partial charge on any atom is -0.397 e. The monoisotopic (exact) mass is 186 g/mol. The molecule has 0 unspecified atom stereocenters. The van der Waals surface area contributed by atoms with Crippen molar-refractivity contribution in [3.63, 3.8) is 0 Å². The van der Waals surface area contributed by atoms with E-state index in [-0.39, 0.29) is 0 Å². The lowest BCUT2D eigenvalue weighted by molar-refractivity contribution is 0.0368. The molecule has 0 aliphatic heterocycles. The van der Waals surface area contributed by atoms with Gasteiger partial charge >= 0.3 is 0 Å². The Morgan fingerprint density at radius 1 is 1.38 bits per heavy atom. The Hall–Kier alpha value is -1.32. The summed E-state index contributed by atoms with van der Waals surface area (Å²) in [5.41, 5.74) is 6.57. The lowest BCUT2D eigenvalue weighted by atomic mass is 10.2. The third kappa shape index (κ3) is 3.27. The number of anilines is 2. The highest BCUT2D eigenvalue weighted by atomic mass is 19.3. The topological polar surface area (TPSA) is 38.0 Å². The van der Waals surface area contributed by atoms with E-state index in [1.165, 1.54) is 0 Å². The van der Waals surface area contributed by atoms with Gasteiger partial charge in [-0.15, -0.1) is 0 Å². The number of rotatable bonds is 3. The molecule has 0 atom stereocenters. The number of nitrogen functional groups attached to an aromatic ring is 1. The zero-order valence-corrected chi connectivity index (χ0v) is 7.35. The van der Waals surface area contributed by atoms with Gasteiger partial charge in [-0.25, -0.2) is 8.78 Å². The van der Waals surface area contributed by atoms with Gasteiger partial charge in [0.05, 0.1) is 17.9 Å². The van der Waals surface area contributed by atoms with Crippen molar-refractivity contribution in [3.05, 3.63) is 24.3 Å². The SMILES string of the molecule is CC(F)(F)CNc1ccccc1N. The van der Waals surface area contributed by atoms with Crippen molar-refractivity contribution in [2.45, 2.75) is 12.8 Å². The van der Waals surface area contributed by atoms with Crippen molar-refractivity contribution in [1.82, 2.24) is 0 Å². The molecule has 1 aromatic rings. The third-order valence-corrected chi connectivity index (χ3v) is 1.55. The second kappa shape index (κ2) is 3.60. The molecule has 0 radical (unpaired) electrons. The summed E-state index contributed by atoms with van der Waals surface area (Å²) in [4.78, 5) is 0. The molecule has 0 aromatic heterocycles. The molecule has 0 aliphatic carbocycles. The lowest BCUT2D eigenvalue weighted by Gasteiger charge is -2.13. The van der Waals surface area contributed by atoms with Crippen molar-refractivity contribution in [2.24, 2.45) is 0 Å². The Morgan fingerprint density at radius 3 is 2.54 bits per heavy atom. The largest absolute Gasteiger partial charge is 0.397 e. The summed E-state index contributed by atoms with van der Waals surface area (Å²) in [5.74, 6) is -2.72. The first-order valence-corrected chi connectivity index (χ1v) is 3.95. The smallest absolute Gasteiger partial charge is 0.262 e. The van der Waals surface area contributed by atoms with Crippen LogP contribution in [0.4, 0.5) is 20.2 Å². The maximum absolute atomic E-state index is 12.4. The van der Waals surface area contributed by atoms with Gasteiger partial charge in [0.1, 0.15) is 0 Å². The van der Waals surface area contributed by atoms with Crippen LogP contribution in [-0.2, 0) is 0 Å². The molecule has 4 heteroatoms. The van der Waals surface area contributed by atoms with Gasteiger partial charge in [-0.05, 0) is 12.1 Å². The molecule has 0 saturated carbocycles. The van der Waals surface area contributed by atoms with Gasteiger partial charge in [0.25, 0.3) is 5.92 Å². The highest BCUT2D eigenvalue weighted by molar-refractivity contribution is 5.65. The normalized spacial score (nSPS) is 11.3. The Kier molecular flexibility index (Phi) is 2.70. The van der Waals surface area contributed by atoms with Gasteiger partial charge in [0.15, 0.2) is 0 Å². The first kappa shape index (κ1) is 9.77. The molecule has 0 fully saturated rings. The Balaban J connectivity index is 2.60. The van der Waals surface area contributed by atoms with E-state index >= 15 is 0 Å². The van der Waals surface area contributed by atoms with Crippen LogP contribution in [0.3, 0.4) is 0 Å². The molecule has 0 bridgehead atoms. The molecule has 0 spiro atoms. The summed E-state index contributed by atoms with van der Waals surface area (Å²) in [6.07, 6.45) is 0. The third-order valence-electron chi connectivity index (χ3n) is 1.55. The first-order chi connectivity index (χ1) is 5.99. The van der Waals surface area contributed by atoms with Gasteiger partial charge < -0.3 is 11.1 Å². The van der Waals surface area contributed by atoms with Crippen molar-refractivity contribution >= 4 is 11.4 Å². The Bertz CT molecular complexity index is 281. The Labute approximate surface area is 75.7 Å². The molecule has 2 nitrogen and oxygen atoms in total. The summed E-state index contributed by atoms with van der Waals surface area (Å²) < 4.78 is 24.9. The fourth-order valence-electron chi connectivity index (χ4n) is 0.908. The maximum atomic E-state index is 12.4. The highest BCUT2D eigenvalue weighted by Crippen LogP contribution is 2.19. The molecule has 1 rings (SSSR count). The number of alkyl halides is 2. The van der Waals surface area contributed by atoms with Crippen LogP contribution in [0.15, 0.2) is 24.3 Å².